The van der Waals surface area contributed by atoms with Crippen molar-refractivity contribution in [3.05, 3.63) is 29.6 Å². The minimum Gasteiger partial charge on any atom is -0.504 e. The van der Waals surface area contributed by atoms with Crippen LogP contribution in [0.4, 0.5) is 10.2 Å². The van der Waals surface area contributed by atoms with E-state index in [1.807, 2.05) is 0 Å². The van der Waals surface area contributed by atoms with Crippen molar-refractivity contribution in [3.63, 3.8) is 0 Å². The van der Waals surface area contributed by atoms with E-state index < -0.39 is 17.5 Å². The zero-order chi connectivity index (χ0) is 13.3. The Labute approximate surface area is 101 Å². The highest BCUT2D eigenvalue weighted by atomic mass is 19.1. The van der Waals surface area contributed by atoms with Gasteiger partial charge in [-0.05, 0) is 12.1 Å². The highest BCUT2D eigenvalue weighted by Gasteiger charge is 2.19. The quantitative estimate of drug-likeness (QED) is 0.787. The van der Waals surface area contributed by atoms with Crippen LogP contribution in [0.25, 0.3) is 11.3 Å². The third-order valence-electron chi connectivity index (χ3n) is 2.28. The van der Waals surface area contributed by atoms with Crippen LogP contribution < -0.4 is 5.73 Å². The summed E-state index contributed by atoms with van der Waals surface area (Å²) in [5, 5.41) is 12.9. The molecular weight excluding hydrogens is 243 g/mol. The number of nitrogens with zero attached hydrogens (tertiary/aromatic N) is 1. The third kappa shape index (κ3) is 1.97. The second kappa shape index (κ2) is 4.36. The number of benzene rings is 1. The Balaban J connectivity index is 2.57. The van der Waals surface area contributed by atoms with Crippen LogP contribution >= 0.6 is 0 Å². The summed E-state index contributed by atoms with van der Waals surface area (Å²) in [7, 11) is 1.12. The zero-order valence-electron chi connectivity index (χ0n) is 9.31. The van der Waals surface area contributed by atoms with Crippen molar-refractivity contribution in [2.75, 3.05) is 12.8 Å². The second-order valence-electron chi connectivity index (χ2n) is 3.46. The van der Waals surface area contributed by atoms with Crippen LogP contribution in [-0.4, -0.2) is 23.3 Å². The van der Waals surface area contributed by atoms with Crippen molar-refractivity contribution >= 4 is 11.8 Å². The lowest BCUT2D eigenvalue weighted by atomic mass is 10.1. The molecule has 0 radical (unpaired) electrons. The standard InChI is InChI=1S/C11H9FN2O4/c1-17-11(16)6-2-5(3-7(12)10(6)15)8-4-9(13)14-18-8/h2-4,15H,1H3,(H2,13,14). The van der Waals surface area contributed by atoms with E-state index in [1.54, 1.807) is 0 Å². The number of esters is 1. The van der Waals surface area contributed by atoms with Gasteiger partial charge in [0.1, 0.15) is 5.56 Å². The molecule has 0 aliphatic rings. The van der Waals surface area contributed by atoms with Crippen LogP contribution in [0, 0.1) is 5.82 Å². The molecule has 0 spiro atoms. The van der Waals surface area contributed by atoms with E-state index in [1.165, 1.54) is 12.1 Å². The Kier molecular flexibility index (Phi) is 2.88. The number of halogens is 1. The maximum atomic E-state index is 13.5. The topological polar surface area (TPSA) is 98.6 Å². The monoisotopic (exact) mass is 252 g/mol. The molecule has 0 atom stereocenters. The number of rotatable bonds is 2. The molecule has 2 rings (SSSR count). The lowest BCUT2D eigenvalue weighted by Crippen LogP contribution is -2.03. The van der Waals surface area contributed by atoms with E-state index in [9.17, 15) is 14.3 Å². The summed E-state index contributed by atoms with van der Waals surface area (Å²) in [5.74, 6) is -2.31. The van der Waals surface area contributed by atoms with E-state index in [0.717, 1.165) is 13.2 Å². The van der Waals surface area contributed by atoms with Gasteiger partial charge in [0.05, 0.1) is 7.11 Å². The van der Waals surface area contributed by atoms with Gasteiger partial charge in [0.25, 0.3) is 0 Å². The van der Waals surface area contributed by atoms with Gasteiger partial charge in [-0.2, -0.15) is 0 Å². The average molecular weight is 252 g/mol. The van der Waals surface area contributed by atoms with Gasteiger partial charge < -0.3 is 20.1 Å². The molecule has 94 valence electrons. The molecule has 6 nitrogen and oxygen atoms in total. The number of aromatic hydroxyl groups is 1. The van der Waals surface area contributed by atoms with Gasteiger partial charge in [-0.15, -0.1) is 0 Å². The van der Waals surface area contributed by atoms with Crippen molar-refractivity contribution in [3.8, 4) is 17.1 Å². The lowest BCUT2D eigenvalue weighted by Gasteiger charge is -2.05. The summed E-state index contributed by atoms with van der Waals surface area (Å²) >= 11 is 0. The van der Waals surface area contributed by atoms with Crippen molar-refractivity contribution < 1.29 is 23.6 Å². The maximum Gasteiger partial charge on any atom is 0.341 e. The van der Waals surface area contributed by atoms with E-state index in [2.05, 4.69) is 9.89 Å². The van der Waals surface area contributed by atoms with Gasteiger partial charge in [-0.1, -0.05) is 5.16 Å². The molecule has 0 saturated carbocycles. The number of phenols is 1. The molecule has 1 aromatic carbocycles. The third-order valence-corrected chi connectivity index (χ3v) is 2.28. The SMILES string of the molecule is COC(=O)c1cc(-c2cc(N)no2)cc(F)c1O. The van der Waals surface area contributed by atoms with Gasteiger partial charge in [0, 0.05) is 11.6 Å². The molecule has 7 heteroatoms. The Morgan fingerprint density at radius 3 is 2.78 bits per heavy atom. The Bertz CT molecular complexity index is 609. The fourth-order valence-electron chi connectivity index (χ4n) is 1.43. The van der Waals surface area contributed by atoms with E-state index in [-0.39, 0.29) is 22.7 Å². The Morgan fingerprint density at radius 1 is 1.50 bits per heavy atom. The molecule has 0 fully saturated rings. The predicted molar refractivity (Wildman–Crippen MR) is 59.3 cm³/mol. The molecule has 0 bridgehead atoms. The van der Waals surface area contributed by atoms with Crippen molar-refractivity contribution in [1.82, 2.24) is 5.16 Å². The molecule has 0 aliphatic heterocycles. The van der Waals surface area contributed by atoms with Gasteiger partial charge in [-0.3, -0.25) is 0 Å². The van der Waals surface area contributed by atoms with Crippen LogP contribution in [-0.2, 0) is 4.74 Å². The summed E-state index contributed by atoms with van der Waals surface area (Å²) in [6.45, 7) is 0. The number of carbonyl (C=O) groups is 1. The van der Waals surface area contributed by atoms with E-state index >= 15 is 0 Å². The number of methoxy groups -OCH3 is 1. The minimum absolute atomic E-state index is 0.123. The number of carbonyl (C=O) groups excluding carboxylic acids is 1. The number of hydrogen-bond donors (Lipinski definition) is 2. The average Bonchev–Trinajstić information content (AvgIpc) is 2.78. The smallest absolute Gasteiger partial charge is 0.341 e. The van der Waals surface area contributed by atoms with Gasteiger partial charge in [-0.25, -0.2) is 9.18 Å². The molecule has 1 aromatic heterocycles. The normalized spacial score (nSPS) is 10.3. The molecule has 0 amide bonds. The number of ether oxygens (including phenoxy) is 1. The summed E-state index contributed by atoms with van der Waals surface area (Å²) in [5.41, 5.74) is 5.28. The largest absolute Gasteiger partial charge is 0.504 e. The molecule has 0 saturated heterocycles. The van der Waals surface area contributed by atoms with Crippen molar-refractivity contribution in [1.29, 1.82) is 0 Å². The fourth-order valence-corrected chi connectivity index (χ4v) is 1.43. The summed E-state index contributed by atoms with van der Waals surface area (Å²) in [4.78, 5) is 11.4. The molecule has 0 aliphatic carbocycles. The molecule has 3 N–H and O–H groups in total. The van der Waals surface area contributed by atoms with Crippen molar-refractivity contribution in [2.45, 2.75) is 0 Å². The van der Waals surface area contributed by atoms with E-state index in [0.29, 0.717) is 0 Å². The number of nitrogen functional groups attached to an aromatic ring is 1. The van der Waals surface area contributed by atoms with E-state index in [4.69, 9.17) is 10.3 Å². The first-order chi connectivity index (χ1) is 8.52. The van der Waals surface area contributed by atoms with Gasteiger partial charge in [0.15, 0.2) is 23.1 Å². The van der Waals surface area contributed by atoms with Crippen LogP contribution in [0.15, 0.2) is 22.7 Å². The van der Waals surface area contributed by atoms with Crippen LogP contribution in [0.5, 0.6) is 5.75 Å². The number of phenolic OH excluding ortho intramolecular Hbond substituents is 1. The number of aromatic nitrogens is 1. The molecular formula is C11H9FN2O4. The van der Waals surface area contributed by atoms with Crippen LogP contribution in [0.1, 0.15) is 10.4 Å². The molecule has 1 heterocycles. The first kappa shape index (κ1) is 11.9. The fraction of sp³-hybridized carbons (Fsp3) is 0.0909. The number of hydrogen-bond acceptors (Lipinski definition) is 6. The Morgan fingerprint density at radius 2 is 2.22 bits per heavy atom. The minimum atomic E-state index is -0.970. The maximum absolute atomic E-state index is 13.5. The first-order valence-corrected chi connectivity index (χ1v) is 4.86. The second-order valence-corrected chi connectivity index (χ2v) is 3.46. The highest BCUT2D eigenvalue weighted by molar-refractivity contribution is 5.93. The zero-order valence-corrected chi connectivity index (χ0v) is 9.31. The molecule has 2 aromatic rings. The Hall–Kier alpha value is -2.57. The van der Waals surface area contributed by atoms with Crippen molar-refractivity contribution in [2.24, 2.45) is 0 Å². The summed E-state index contributed by atoms with van der Waals surface area (Å²) in [6, 6.07) is 3.60. The first-order valence-electron chi connectivity index (χ1n) is 4.86. The number of nitrogens with two attached hydrogens (primary N) is 1. The number of anilines is 1. The summed E-state index contributed by atoms with van der Waals surface area (Å²) < 4.78 is 22.7. The lowest BCUT2D eigenvalue weighted by molar-refractivity contribution is 0.0596. The predicted octanol–water partition coefficient (Wildman–Crippen LogP) is 1.56. The highest BCUT2D eigenvalue weighted by Crippen LogP contribution is 2.30. The summed E-state index contributed by atoms with van der Waals surface area (Å²) in [6.07, 6.45) is 0. The van der Waals surface area contributed by atoms with Gasteiger partial charge >= 0.3 is 5.97 Å². The van der Waals surface area contributed by atoms with Crippen LogP contribution in [0.2, 0.25) is 0 Å². The molecule has 18 heavy (non-hydrogen) atoms. The molecule has 0 unspecified atom stereocenters. The van der Waals surface area contributed by atoms with Crippen LogP contribution in [0.3, 0.4) is 0 Å². The van der Waals surface area contributed by atoms with Gasteiger partial charge in [0.2, 0.25) is 0 Å².